The van der Waals surface area contributed by atoms with Crippen LogP contribution >= 0.6 is 7.82 Å². The van der Waals surface area contributed by atoms with Crippen LogP contribution in [0, 0.1) is 11.8 Å². The molecule has 1 spiro atoms. The summed E-state index contributed by atoms with van der Waals surface area (Å²) in [7, 11) is -4.79. The number of amides is 2. The zero-order valence-corrected chi connectivity index (χ0v) is 27.9. The Morgan fingerprint density at radius 1 is 1.12 bits per heavy atom. The van der Waals surface area contributed by atoms with Crippen molar-refractivity contribution in [3.05, 3.63) is 82.8 Å². The van der Waals surface area contributed by atoms with Gasteiger partial charge in [-0.1, -0.05) is 58.0 Å². The first-order chi connectivity index (χ1) is 23.3. The Kier molecular flexibility index (Phi) is 8.15. The molecule has 0 saturated carbocycles. The van der Waals surface area contributed by atoms with Crippen LogP contribution in [0.5, 0.6) is 5.75 Å². The molecule has 0 aliphatic carbocycles. The summed E-state index contributed by atoms with van der Waals surface area (Å²) in [4.78, 5) is 54.8. The van der Waals surface area contributed by atoms with Crippen molar-refractivity contribution < 1.29 is 47.1 Å². The summed E-state index contributed by atoms with van der Waals surface area (Å²) in [5.41, 5.74) is 2.19. The molecule has 258 valence electrons. The van der Waals surface area contributed by atoms with Crippen molar-refractivity contribution in [2.24, 2.45) is 11.8 Å². The summed E-state index contributed by atoms with van der Waals surface area (Å²) in [5, 5.41) is 19.7. The molecule has 2 amide bonds. The van der Waals surface area contributed by atoms with Crippen LogP contribution in [0.1, 0.15) is 67.8 Å². The minimum atomic E-state index is -4.79. The number of para-hydroxylation sites is 1. The lowest BCUT2D eigenvalue weighted by Crippen LogP contribution is -2.52. The fourth-order valence-electron chi connectivity index (χ4n) is 6.64. The lowest BCUT2D eigenvalue weighted by Gasteiger charge is -2.29. The molecule has 16 heteroatoms. The van der Waals surface area contributed by atoms with Gasteiger partial charge in [-0.05, 0) is 35.1 Å². The summed E-state index contributed by atoms with van der Waals surface area (Å²) >= 11 is 0. The number of hydrogen-bond acceptors (Lipinski definition) is 11. The Morgan fingerprint density at radius 2 is 1.90 bits per heavy atom. The van der Waals surface area contributed by atoms with Gasteiger partial charge in [-0.15, -0.1) is 0 Å². The van der Waals surface area contributed by atoms with E-state index in [-0.39, 0.29) is 41.4 Å². The van der Waals surface area contributed by atoms with Crippen LogP contribution in [0.3, 0.4) is 0 Å². The van der Waals surface area contributed by atoms with Crippen LogP contribution in [-0.2, 0) is 37.1 Å². The van der Waals surface area contributed by atoms with E-state index >= 15 is 0 Å². The lowest BCUT2D eigenvalue weighted by atomic mass is 9.72. The van der Waals surface area contributed by atoms with Crippen LogP contribution in [0.25, 0.3) is 11.6 Å². The summed E-state index contributed by atoms with van der Waals surface area (Å²) in [5.74, 6) is -0.795. The molecule has 0 saturated heterocycles. The third-order valence-electron chi connectivity index (χ3n) is 9.09. The van der Waals surface area contributed by atoms with E-state index in [1.807, 2.05) is 50.2 Å². The number of carbonyl (C=O) groups is 2. The number of ether oxygens (including phenoxy) is 1. The maximum Gasteiger partial charge on any atom is 0.469 e. The highest BCUT2D eigenvalue weighted by Gasteiger charge is 2.61. The van der Waals surface area contributed by atoms with Crippen molar-refractivity contribution in [3.63, 3.8) is 0 Å². The maximum atomic E-state index is 14.0. The molecule has 2 aromatic heterocycles. The number of oxazole rings is 2. The second kappa shape index (κ2) is 12.1. The van der Waals surface area contributed by atoms with Gasteiger partial charge in [-0.3, -0.25) is 14.1 Å². The van der Waals surface area contributed by atoms with E-state index in [1.54, 1.807) is 19.9 Å². The Balaban J connectivity index is 1.44. The average Bonchev–Trinajstić information content (AvgIpc) is 3.82. The first-order valence-corrected chi connectivity index (χ1v) is 17.4. The predicted molar refractivity (Wildman–Crippen MR) is 172 cm³/mol. The number of nitrogens with one attached hydrogen (secondary N) is 3. The predicted octanol–water partition coefficient (Wildman–Crippen LogP) is 3.29. The molecule has 7 rings (SSSR count). The number of rotatable bonds is 8. The molecule has 3 aliphatic heterocycles. The highest BCUT2D eigenvalue weighted by Crippen LogP contribution is 2.59. The Morgan fingerprint density at radius 3 is 2.63 bits per heavy atom. The van der Waals surface area contributed by atoms with Crippen molar-refractivity contribution in [2.75, 3.05) is 5.32 Å². The number of carbonyl (C=O) groups excluding carboxylic acids is 2. The largest absolute Gasteiger partial charge is 0.469 e. The molecule has 5 atom stereocenters. The van der Waals surface area contributed by atoms with Gasteiger partial charge >= 0.3 is 7.82 Å². The minimum absolute atomic E-state index is 0.00654. The topological polar surface area (TPSA) is 219 Å². The Bertz CT molecular complexity index is 1990. The first kappa shape index (κ1) is 33.0. The van der Waals surface area contributed by atoms with E-state index in [1.165, 1.54) is 6.26 Å². The SMILES string of the molecule is CC(C)[C@H](O)C(=O)N[C@H]1Cc2ccc3c(c2)C2(c4ccccc4N[C@@H]2O3)c2oc(nc2-c2nc(COP(=O)(O)O)co2)[C@H](C(C)C)NC1=O. The molecule has 0 fully saturated rings. The van der Waals surface area contributed by atoms with Crippen molar-refractivity contribution in [1.29, 1.82) is 0 Å². The molecular weight excluding hydrogens is 657 g/mol. The van der Waals surface area contributed by atoms with E-state index in [2.05, 4.69) is 25.5 Å². The molecule has 15 nitrogen and oxygen atoms in total. The standard InChI is InChI=1S/C33H36N5O10P/c1-15(2)24-31-38-25(30-34-18(13-45-30)14-46-49(42,43)44)27(48-31)33-19-7-5-6-8-21(19)36-32(33)47-23-10-9-17(11-20(23)33)12-22(28(40)37-24)35-29(41)26(39)16(3)4/h5-11,13,15-16,22,24,26,32,36,39H,12,14H2,1-4H3,(H,35,41)(H,37,40)(H2,42,43,44)/t22-,24-,26-,32+,33?/m0/s1. The number of benzene rings is 2. The summed E-state index contributed by atoms with van der Waals surface area (Å²) in [6.45, 7) is 6.66. The van der Waals surface area contributed by atoms with Crippen molar-refractivity contribution in [3.8, 4) is 17.3 Å². The second-order valence-corrected chi connectivity index (χ2v) is 14.4. The van der Waals surface area contributed by atoms with Crippen molar-refractivity contribution in [1.82, 2.24) is 20.6 Å². The van der Waals surface area contributed by atoms with E-state index in [4.69, 9.17) is 18.6 Å². The monoisotopic (exact) mass is 693 g/mol. The van der Waals surface area contributed by atoms with Crippen LogP contribution in [0.4, 0.5) is 5.69 Å². The van der Waals surface area contributed by atoms with Gasteiger partial charge in [0.1, 0.15) is 47.9 Å². The average molecular weight is 694 g/mol. The van der Waals surface area contributed by atoms with Gasteiger partial charge in [0, 0.05) is 17.7 Å². The normalized spacial score (nSPS) is 23.1. The van der Waals surface area contributed by atoms with Crippen LogP contribution in [0.15, 0.2) is 57.6 Å². The van der Waals surface area contributed by atoms with Gasteiger partial charge < -0.3 is 44.4 Å². The van der Waals surface area contributed by atoms with Crippen LogP contribution in [0.2, 0.25) is 0 Å². The van der Waals surface area contributed by atoms with Gasteiger partial charge in [0.05, 0.1) is 0 Å². The summed E-state index contributed by atoms with van der Waals surface area (Å²) < 4.78 is 35.1. The number of aliphatic hydroxyl groups is 1. The molecular formula is C33H36N5O10P. The molecule has 2 aromatic carbocycles. The number of aromatic nitrogens is 2. The molecule has 5 heterocycles. The molecule has 0 radical (unpaired) electrons. The van der Waals surface area contributed by atoms with Crippen LogP contribution < -0.4 is 20.7 Å². The maximum absolute atomic E-state index is 14.0. The number of phosphoric acid groups is 1. The van der Waals surface area contributed by atoms with Gasteiger partial charge in [-0.2, -0.15) is 0 Å². The van der Waals surface area contributed by atoms with E-state index in [0.717, 1.165) is 11.3 Å². The van der Waals surface area contributed by atoms with Gasteiger partial charge in [0.15, 0.2) is 17.7 Å². The van der Waals surface area contributed by atoms with E-state index in [9.17, 15) is 29.0 Å². The third-order valence-corrected chi connectivity index (χ3v) is 9.55. The lowest BCUT2D eigenvalue weighted by molar-refractivity contribution is -0.135. The van der Waals surface area contributed by atoms with Crippen molar-refractivity contribution >= 4 is 25.3 Å². The summed E-state index contributed by atoms with van der Waals surface area (Å²) in [6, 6.07) is 11.4. The van der Waals surface area contributed by atoms with Crippen molar-refractivity contribution in [2.45, 2.75) is 70.6 Å². The number of fused-ring (bicyclic) bond motifs is 4. The van der Waals surface area contributed by atoms with Gasteiger partial charge in [0.2, 0.25) is 23.6 Å². The number of hydrogen-bond donors (Lipinski definition) is 6. The fraction of sp³-hybridized carbons (Fsp3) is 0.394. The first-order valence-electron chi connectivity index (χ1n) is 15.9. The minimum Gasteiger partial charge on any atom is -0.469 e. The highest BCUT2D eigenvalue weighted by molar-refractivity contribution is 7.46. The number of aliphatic hydroxyl groups excluding tert-OH is 1. The smallest absolute Gasteiger partial charge is 0.469 e. The highest BCUT2D eigenvalue weighted by atomic mass is 31.2. The zero-order chi connectivity index (χ0) is 34.8. The molecule has 49 heavy (non-hydrogen) atoms. The van der Waals surface area contributed by atoms with Gasteiger partial charge in [0.25, 0.3) is 0 Å². The quantitative estimate of drug-likeness (QED) is 0.146. The number of phosphoric ester groups is 1. The number of anilines is 1. The van der Waals surface area contributed by atoms with E-state index < -0.39 is 56.1 Å². The molecule has 6 N–H and O–H groups in total. The molecule has 1 unspecified atom stereocenters. The van der Waals surface area contributed by atoms with Gasteiger partial charge in [-0.25, -0.2) is 14.5 Å². The summed E-state index contributed by atoms with van der Waals surface area (Å²) in [6.07, 6.45) is -0.694. The van der Waals surface area contributed by atoms with Crippen LogP contribution in [-0.4, -0.2) is 55.0 Å². The Hall–Kier alpha value is -4.53. The fourth-order valence-corrected chi connectivity index (χ4v) is 6.94. The number of nitrogens with zero attached hydrogens (tertiary/aromatic N) is 2. The third kappa shape index (κ3) is 5.71. The molecule has 4 bridgehead atoms. The second-order valence-electron chi connectivity index (χ2n) is 13.1. The molecule has 3 aliphatic rings. The van der Waals surface area contributed by atoms with E-state index in [0.29, 0.717) is 22.6 Å². The zero-order valence-electron chi connectivity index (χ0n) is 27.0. The Labute approximate surface area is 280 Å². The molecule has 4 aromatic rings.